The molecule has 8 nitrogen and oxygen atoms in total. The van der Waals surface area contributed by atoms with Gasteiger partial charge in [0.2, 0.25) is 0 Å². The lowest BCUT2D eigenvalue weighted by atomic mass is 10.1. The smallest absolute Gasteiger partial charge is 0.306 e. The molecule has 0 aliphatic rings. The molecule has 68 heavy (non-hydrogen) atoms. The van der Waals surface area contributed by atoms with E-state index in [1.54, 1.807) is 21.1 Å². The number of unbranched alkanes of at least 4 members (excludes halogenated alkanes) is 24. The lowest BCUT2D eigenvalue weighted by molar-refractivity contribution is -0.889. The molecule has 0 bridgehead atoms. The number of carboxylic acid groups (broad SMARTS) is 1. The highest BCUT2D eigenvalue weighted by Crippen LogP contribution is 2.15. The Morgan fingerprint density at radius 1 is 0.456 bits per heavy atom. The van der Waals surface area contributed by atoms with Crippen molar-refractivity contribution >= 4 is 17.9 Å². The molecule has 0 aromatic rings. The molecule has 0 aromatic heterocycles. The molecule has 0 aromatic carbocycles. The summed E-state index contributed by atoms with van der Waals surface area (Å²) < 4.78 is 17.3. The highest BCUT2D eigenvalue weighted by molar-refractivity contribution is 5.70. The van der Waals surface area contributed by atoms with E-state index < -0.39 is 18.1 Å². The Bertz CT molecular complexity index is 1340. The van der Waals surface area contributed by atoms with Gasteiger partial charge in [-0.1, -0.05) is 209 Å². The van der Waals surface area contributed by atoms with Crippen LogP contribution in [0.25, 0.3) is 0 Å². The maximum absolute atomic E-state index is 12.8. The number of rotatable bonds is 50. The Morgan fingerprint density at radius 2 is 0.824 bits per heavy atom. The maximum Gasteiger partial charge on any atom is 0.306 e. The van der Waals surface area contributed by atoms with Crippen LogP contribution in [-0.4, -0.2) is 75.5 Å². The highest BCUT2D eigenvalue weighted by atomic mass is 16.6. The number of ether oxygens (including phenoxy) is 3. The number of nitrogens with zero attached hydrogens (tertiary/aromatic N) is 1. The number of allylic oxidation sites excluding steroid dienone is 12. The first-order valence-corrected chi connectivity index (χ1v) is 28.0. The van der Waals surface area contributed by atoms with E-state index in [9.17, 15) is 19.5 Å². The summed E-state index contributed by atoms with van der Waals surface area (Å²) in [6, 6.07) is -0.733. The third-order valence-corrected chi connectivity index (χ3v) is 12.3. The molecule has 0 aliphatic carbocycles. The van der Waals surface area contributed by atoms with E-state index in [4.69, 9.17) is 14.2 Å². The van der Waals surface area contributed by atoms with Gasteiger partial charge in [0.1, 0.15) is 12.6 Å². The zero-order valence-electron chi connectivity index (χ0n) is 44.8. The first-order valence-electron chi connectivity index (χ1n) is 28.0. The van der Waals surface area contributed by atoms with Gasteiger partial charge in [0.15, 0.2) is 6.10 Å². The second kappa shape index (κ2) is 50.2. The quantitative estimate of drug-likeness (QED) is 0.0259. The van der Waals surface area contributed by atoms with Crippen LogP contribution in [0.15, 0.2) is 72.9 Å². The zero-order valence-corrected chi connectivity index (χ0v) is 44.8. The van der Waals surface area contributed by atoms with Gasteiger partial charge in [0.05, 0.1) is 40.3 Å². The van der Waals surface area contributed by atoms with Crippen molar-refractivity contribution in [2.45, 2.75) is 251 Å². The molecule has 0 rings (SSSR count). The summed E-state index contributed by atoms with van der Waals surface area (Å²) in [4.78, 5) is 37.1. The molecular weight excluding hydrogens is 847 g/mol. The summed E-state index contributed by atoms with van der Waals surface area (Å²) in [5, 5.41) is 11.7. The van der Waals surface area contributed by atoms with Crippen LogP contribution in [0, 0.1) is 0 Å². The van der Waals surface area contributed by atoms with Gasteiger partial charge in [-0.05, 0) is 83.5 Å². The topological polar surface area (TPSA) is 102 Å². The van der Waals surface area contributed by atoms with E-state index >= 15 is 0 Å². The van der Waals surface area contributed by atoms with E-state index in [2.05, 4.69) is 86.8 Å². The molecule has 0 saturated carbocycles. The zero-order chi connectivity index (χ0) is 49.9. The van der Waals surface area contributed by atoms with Crippen molar-refractivity contribution in [3.63, 3.8) is 0 Å². The summed E-state index contributed by atoms with van der Waals surface area (Å²) in [7, 11) is 5.41. The van der Waals surface area contributed by atoms with E-state index in [1.165, 1.54) is 122 Å². The molecule has 0 fully saturated rings. The minimum atomic E-state index is -1.13. The van der Waals surface area contributed by atoms with Gasteiger partial charge in [-0.2, -0.15) is 0 Å². The predicted molar refractivity (Wildman–Crippen MR) is 286 cm³/mol. The summed E-state index contributed by atoms with van der Waals surface area (Å²) >= 11 is 0. The van der Waals surface area contributed by atoms with Gasteiger partial charge in [-0.3, -0.25) is 9.59 Å². The van der Waals surface area contributed by atoms with Crippen LogP contribution < -0.4 is 5.11 Å². The van der Waals surface area contributed by atoms with Gasteiger partial charge in [0, 0.05) is 19.3 Å². The van der Waals surface area contributed by atoms with Crippen molar-refractivity contribution in [1.29, 1.82) is 0 Å². The summed E-state index contributed by atoms with van der Waals surface area (Å²) in [5.74, 6) is -1.75. The normalized spacial score (nSPS) is 13.4. The summed E-state index contributed by atoms with van der Waals surface area (Å²) in [5.41, 5.74) is 0. The molecule has 0 N–H and O–H groups in total. The second-order valence-corrected chi connectivity index (χ2v) is 19.8. The van der Waals surface area contributed by atoms with E-state index in [0.29, 0.717) is 12.8 Å². The number of carbonyl (C=O) groups is 3. The largest absolute Gasteiger partial charge is 0.544 e. The number of quaternary nitrogens is 1. The number of likely N-dealkylation sites (N-methyl/N-ethyl adjacent to an activating group) is 1. The number of hydrogen-bond acceptors (Lipinski definition) is 7. The van der Waals surface area contributed by atoms with Crippen LogP contribution in [0.4, 0.5) is 0 Å². The Kier molecular flexibility index (Phi) is 47.8. The number of carboxylic acids is 1. The minimum absolute atomic E-state index is 0.0324. The van der Waals surface area contributed by atoms with E-state index in [1.807, 2.05) is 0 Å². The summed E-state index contributed by atoms with van der Waals surface area (Å²) in [6.07, 6.45) is 65.1. The third kappa shape index (κ3) is 47.8. The van der Waals surface area contributed by atoms with Crippen LogP contribution in [0.1, 0.15) is 239 Å². The molecule has 0 radical (unpaired) electrons. The summed E-state index contributed by atoms with van der Waals surface area (Å²) in [6.45, 7) is 4.56. The van der Waals surface area contributed by atoms with Crippen molar-refractivity contribution in [1.82, 2.24) is 0 Å². The fraction of sp³-hybridized carbons (Fsp3) is 0.750. The molecule has 2 atom stereocenters. The fourth-order valence-electron chi connectivity index (χ4n) is 8.03. The average Bonchev–Trinajstić information content (AvgIpc) is 3.30. The first kappa shape index (κ1) is 64.8. The Balaban J connectivity index is 4.23. The number of hydrogen-bond donors (Lipinski definition) is 0. The fourth-order valence-corrected chi connectivity index (χ4v) is 8.03. The number of esters is 2. The standard InChI is InChI=1S/C60H105NO7/c1-6-8-10-12-14-16-18-20-22-24-26-28-29-31-33-35-37-39-41-43-45-47-49-51-59(63)68-56(54-66-53-52-57(60(64)65)61(3,4)5)55-67-58(62)50-48-46-44-42-40-38-36-34-32-30-27-25-23-21-19-17-15-13-11-9-7-2/h8,10,14,16,20,22,26,28,30-33,56-57H,6-7,9,11-13,15,17-19,21,23-25,27,29,34-55H2,1-5H3/b10-8+,16-14+,22-20+,28-26+,32-30+,33-31+. The number of aliphatic carboxylic acids is 1. The molecule has 0 heterocycles. The Labute approximate surface area is 419 Å². The Morgan fingerprint density at radius 3 is 1.24 bits per heavy atom. The SMILES string of the molecule is CC/C=C/C/C=C/C/C=C/C/C=C/C/C=C/CCCCCCCCCC(=O)OC(COCCC(C(=O)[O-])[N+](C)(C)C)COC(=O)CCCCCCCCC/C=C/CCCCCCCCCCCC. The van der Waals surface area contributed by atoms with Gasteiger partial charge >= 0.3 is 11.9 Å². The molecule has 0 spiro atoms. The van der Waals surface area contributed by atoms with Crippen molar-refractivity contribution in [3.05, 3.63) is 72.9 Å². The molecule has 0 amide bonds. The van der Waals surface area contributed by atoms with Gasteiger partial charge in [-0.25, -0.2) is 0 Å². The van der Waals surface area contributed by atoms with Crippen molar-refractivity contribution < 1.29 is 38.2 Å². The third-order valence-electron chi connectivity index (χ3n) is 12.3. The molecule has 2 unspecified atom stereocenters. The lowest BCUT2D eigenvalue weighted by Gasteiger charge is -2.34. The van der Waals surface area contributed by atoms with Crippen molar-refractivity contribution in [2.24, 2.45) is 0 Å². The monoisotopic (exact) mass is 952 g/mol. The van der Waals surface area contributed by atoms with Crippen molar-refractivity contribution in [3.8, 4) is 0 Å². The van der Waals surface area contributed by atoms with E-state index in [0.717, 1.165) is 83.5 Å². The maximum atomic E-state index is 12.8. The molecule has 0 saturated heterocycles. The second-order valence-electron chi connectivity index (χ2n) is 19.8. The molecule has 8 heteroatoms. The highest BCUT2D eigenvalue weighted by Gasteiger charge is 2.25. The van der Waals surface area contributed by atoms with Gasteiger partial charge < -0.3 is 28.6 Å². The first-order chi connectivity index (χ1) is 33.1. The molecular formula is C60H105NO7. The van der Waals surface area contributed by atoms with Gasteiger partial charge in [-0.15, -0.1) is 0 Å². The van der Waals surface area contributed by atoms with Crippen LogP contribution in [-0.2, 0) is 28.6 Å². The minimum Gasteiger partial charge on any atom is -0.544 e. The Hall–Kier alpha value is -3.23. The van der Waals surface area contributed by atoms with Crippen molar-refractivity contribution in [2.75, 3.05) is 41.0 Å². The number of carbonyl (C=O) groups excluding carboxylic acids is 3. The van der Waals surface area contributed by atoms with Crippen LogP contribution in [0.5, 0.6) is 0 Å². The van der Waals surface area contributed by atoms with Gasteiger partial charge in [0.25, 0.3) is 0 Å². The molecule has 392 valence electrons. The predicted octanol–water partition coefficient (Wildman–Crippen LogP) is 15.3. The lowest BCUT2D eigenvalue weighted by Crippen LogP contribution is -2.55. The molecule has 0 aliphatic heterocycles. The van der Waals surface area contributed by atoms with E-state index in [-0.39, 0.29) is 42.7 Å². The van der Waals surface area contributed by atoms with Crippen LogP contribution in [0.3, 0.4) is 0 Å². The average molecular weight is 952 g/mol. The van der Waals surface area contributed by atoms with Crippen LogP contribution >= 0.6 is 0 Å². The van der Waals surface area contributed by atoms with Crippen LogP contribution in [0.2, 0.25) is 0 Å².